The third-order valence-corrected chi connectivity index (χ3v) is 2.83. The second kappa shape index (κ2) is 6.01. The number of nitrogens with zero attached hydrogens (tertiary/aromatic N) is 1. The Kier molecular flexibility index (Phi) is 4.93. The molecule has 14 heavy (non-hydrogen) atoms. The molecule has 1 unspecified atom stereocenters. The SMILES string of the molecule is CC(O)c1ccc(SCCCO)cn1. The van der Waals surface area contributed by atoms with Gasteiger partial charge < -0.3 is 10.2 Å². The van der Waals surface area contributed by atoms with Crippen LogP contribution in [0.3, 0.4) is 0 Å². The molecule has 0 aromatic carbocycles. The molecular formula is C10H15NO2S. The topological polar surface area (TPSA) is 53.4 Å². The van der Waals surface area contributed by atoms with Crippen LogP contribution in [0.15, 0.2) is 23.2 Å². The molecule has 0 saturated carbocycles. The quantitative estimate of drug-likeness (QED) is 0.576. The van der Waals surface area contributed by atoms with Gasteiger partial charge in [-0.2, -0.15) is 0 Å². The molecule has 1 aromatic heterocycles. The fourth-order valence-corrected chi connectivity index (χ4v) is 1.78. The highest BCUT2D eigenvalue weighted by Gasteiger charge is 2.01. The molecule has 0 radical (unpaired) electrons. The molecule has 1 rings (SSSR count). The van der Waals surface area contributed by atoms with Gasteiger partial charge in [-0.15, -0.1) is 11.8 Å². The highest BCUT2D eigenvalue weighted by Crippen LogP contribution is 2.19. The molecule has 0 fully saturated rings. The van der Waals surface area contributed by atoms with E-state index in [2.05, 4.69) is 4.98 Å². The van der Waals surface area contributed by atoms with Crippen molar-refractivity contribution in [3.63, 3.8) is 0 Å². The molecule has 0 aliphatic heterocycles. The van der Waals surface area contributed by atoms with Crippen LogP contribution in [0.25, 0.3) is 0 Å². The Labute approximate surface area is 88.2 Å². The van der Waals surface area contributed by atoms with E-state index in [9.17, 15) is 5.11 Å². The fraction of sp³-hybridized carbons (Fsp3) is 0.500. The van der Waals surface area contributed by atoms with Crippen LogP contribution in [-0.4, -0.2) is 27.6 Å². The lowest BCUT2D eigenvalue weighted by Gasteiger charge is -2.04. The molecule has 0 bridgehead atoms. The lowest BCUT2D eigenvalue weighted by atomic mass is 10.2. The zero-order valence-corrected chi connectivity index (χ0v) is 9.00. The Bertz CT molecular complexity index is 261. The van der Waals surface area contributed by atoms with Crippen LogP contribution in [-0.2, 0) is 0 Å². The van der Waals surface area contributed by atoms with Crippen molar-refractivity contribution in [2.24, 2.45) is 0 Å². The first-order valence-electron chi connectivity index (χ1n) is 4.61. The first-order valence-corrected chi connectivity index (χ1v) is 5.60. The Morgan fingerprint density at radius 3 is 2.79 bits per heavy atom. The summed E-state index contributed by atoms with van der Waals surface area (Å²) in [5.41, 5.74) is 0.691. The van der Waals surface area contributed by atoms with Gasteiger partial charge in [0.05, 0.1) is 11.8 Å². The summed E-state index contributed by atoms with van der Waals surface area (Å²) in [6, 6.07) is 3.77. The van der Waals surface area contributed by atoms with E-state index in [1.807, 2.05) is 12.1 Å². The smallest absolute Gasteiger partial charge is 0.0931 e. The lowest BCUT2D eigenvalue weighted by molar-refractivity contribution is 0.194. The number of hydrogen-bond acceptors (Lipinski definition) is 4. The van der Waals surface area contributed by atoms with Crippen LogP contribution in [0, 0.1) is 0 Å². The van der Waals surface area contributed by atoms with Gasteiger partial charge in [0.25, 0.3) is 0 Å². The summed E-state index contributed by atoms with van der Waals surface area (Å²) >= 11 is 1.66. The molecule has 0 saturated heterocycles. The van der Waals surface area contributed by atoms with E-state index in [0.29, 0.717) is 5.69 Å². The first-order chi connectivity index (χ1) is 6.74. The normalized spacial score (nSPS) is 12.8. The number of rotatable bonds is 5. The summed E-state index contributed by atoms with van der Waals surface area (Å²) in [5, 5.41) is 17.8. The van der Waals surface area contributed by atoms with Crippen LogP contribution < -0.4 is 0 Å². The van der Waals surface area contributed by atoms with E-state index in [1.165, 1.54) is 0 Å². The molecule has 0 aliphatic rings. The zero-order valence-electron chi connectivity index (χ0n) is 8.18. The van der Waals surface area contributed by atoms with Crippen LogP contribution in [0.5, 0.6) is 0 Å². The van der Waals surface area contributed by atoms with Gasteiger partial charge in [0.1, 0.15) is 0 Å². The summed E-state index contributed by atoms with van der Waals surface area (Å²) < 4.78 is 0. The molecular weight excluding hydrogens is 198 g/mol. The van der Waals surface area contributed by atoms with Gasteiger partial charge in [-0.1, -0.05) is 0 Å². The van der Waals surface area contributed by atoms with Gasteiger partial charge in [-0.3, -0.25) is 4.98 Å². The number of aliphatic hydroxyl groups excluding tert-OH is 2. The largest absolute Gasteiger partial charge is 0.396 e. The van der Waals surface area contributed by atoms with E-state index in [1.54, 1.807) is 24.9 Å². The number of pyridine rings is 1. The minimum Gasteiger partial charge on any atom is -0.396 e. The molecule has 3 nitrogen and oxygen atoms in total. The lowest BCUT2D eigenvalue weighted by Crippen LogP contribution is -1.94. The van der Waals surface area contributed by atoms with Crippen molar-refractivity contribution in [1.29, 1.82) is 0 Å². The van der Waals surface area contributed by atoms with Crippen LogP contribution >= 0.6 is 11.8 Å². The van der Waals surface area contributed by atoms with E-state index in [4.69, 9.17) is 5.11 Å². The molecule has 1 atom stereocenters. The Hall–Kier alpha value is -0.580. The second-order valence-corrected chi connectivity index (χ2v) is 4.19. The van der Waals surface area contributed by atoms with E-state index in [0.717, 1.165) is 17.1 Å². The Morgan fingerprint density at radius 2 is 2.29 bits per heavy atom. The monoisotopic (exact) mass is 213 g/mol. The molecule has 0 spiro atoms. The third-order valence-electron chi connectivity index (χ3n) is 1.76. The predicted molar refractivity (Wildman–Crippen MR) is 57.3 cm³/mol. The maximum atomic E-state index is 9.23. The summed E-state index contributed by atoms with van der Waals surface area (Å²) in [6.45, 7) is 1.92. The van der Waals surface area contributed by atoms with Gasteiger partial charge in [0.2, 0.25) is 0 Å². The Morgan fingerprint density at radius 1 is 1.50 bits per heavy atom. The summed E-state index contributed by atoms with van der Waals surface area (Å²) in [6.07, 6.45) is 2.04. The molecule has 78 valence electrons. The second-order valence-electron chi connectivity index (χ2n) is 3.02. The van der Waals surface area contributed by atoms with Gasteiger partial charge in [-0.05, 0) is 25.5 Å². The predicted octanol–water partition coefficient (Wildman–Crippen LogP) is 1.61. The minimum atomic E-state index is -0.508. The van der Waals surface area contributed by atoms with E-state index < -0.39 is 6.10 Å². The molecule has 0 aliphatic carbocycles. The van der Waals surface area contributed by atoms with Crippen molar-refractivity contribution in [2.75, 3.05) is 12.4 Å². The molecule has 1 aromatic rings. The van der Waals surface area contributed by atoms with Gasteiger partial charge >= 0.3 is 0 Å². The number of aliphatic hydroxyl groups is 2. The van der Waals surface area contributed by atoms with E-state index >= 15 is 0 Å². The van der Waals surface area contributed by atoms with Crippen molar-refractivity contribution in [2.45, 2.75) is 24.3 Å². The van der Waals surface area contributed by atoms with Crippen molar-refractivity contribution >= 4 is 11.8 Å². The first kappa shape index (κ1) is 11.5. The van der Waals surface area contributed by atoms with Gasteiger partial charge in [-0.25, -0.2) is 0 Å². The van der Waals surface area contributed by atoms with Crippen LogP contribution in [0.2, 0.25) is 0 Å². The van der Waals surface area contributed by atoms with Crippen LogP contribution in [0.4, 0.5) is 0 Å². The third kappa shape index (κ3) is 3.65. The summed E-state index contributed by atoms with van der Waals surface area (Å²) in [4.78, 5) is 5.20. The molecule has 4 heteroatoms. The maximum Gasteiger partial charge on any atom is 0.0931 e. The number of aromatic nitrogens is 1. The number of thioether (sulfide) groups is 1. The average Bonchev–Trinajstić information content (AvgIpc) is 2.19. The summed E-state index contributed by atoms with van der Waals surface area (Å²) in [5.74, 6) is 0.895. The van der Waals surface area contributed by atoms with Crippen molar-refractivity contribution in [3.8, 4) is 0 Å². The van der Waals surface area contributed by atoms with Gasteiger partial charge in [0, 0.05) is 23.5 Å². The average molecular weight is 213 g/mol. The van der Waals surface area contributed by atoms with E-state index in [-0.39, 0.29) is 6.61 Å². The highest BCUT2D eigenvalue weighted by molar-refractivity contribution is 7.99. The van der Waals surface area contributed by atoms with Gasteiger partial charge in [0.15, 0.2) is 0 Å². The number of hydrogen-bond donors (Lipinski definition) is 2. The van der Waals surface area contributed by atoms with Crippen LogP contribution in [0.1, 0.15) is 25.1 Å². The van der Waals surface area contributed by atoms with Crippen molar-refractivity contribution in [1.82, 2.24) is 4.98 Å². The molecule has 0 amide bonds. The van der Waals surface area contributed by atoms with Crippen molar-refractivity contribution < 1.29 is 10.2 Å². The maximum absolute atomic E-state index is 9.23. The summed E-state index contributed by atoms with van der Waals surface area (Å²) in [7, 11) is 0. The Balaban J connectivity index is 2.47. The molecule has 2 N–H and O–H groups in total. The molecule has 1 heterocycles. The minimum absolute atomic E-state index is 0.228. The highest BCUT2D eigenvalue weighted by atomic mass is 32.2. The fourth-order valence-electron chi connectivity index (χ4n) is 0.979. The van der Waals surface area contributed by atoms with Crippen molar-refractivity contribution in [3.05, 3.63) is 24.0 Å². The standard InChI is InChI=1S/C10H15NO2S/c1-8(13)10-4-3-9(7-11-10)14-6-2-5-12/h3-4,7-8,12-13H,2,5-6H2,1H3. The zero-order chi connectivity index (χ0) is 10.4.